The lowest BCUT2D eigenvalue weighted by molar-refractivity contribution is -0.141. The van der Waals surface area contributed by atoms with Crippen molar-refractivity contribution in [3.63, 3.8) is 0 Å². The van der Waals surface area contributed by atoms with Crippen LogP contribution in [0.1, 0.15) is 43.7 Å². The van der Waals surface area contributed by atoms with Crippen LogP contribution in [0.3, 0.4) is 0 Å². The van der Waals surface area contributed by atoms with Gasteiger partial charge in [0.05, 0.1) is 26.7 Å². The van der Waals surface area contributed by atoms with Crippen LogP contribution >= 0.6 is 0 Å². The molecule has 1 aromatic carbocycles. The van der Waals surface area contributed by atoms with Crippen molar-refractivity contribution >= 4 is 5.97 Å². The molecule has 0 heterocycles. The average molecular weight is 293 g/mol. The summed E-state index contributed by atoms with van der Waals surface area (Å²) in [7, 11) is 2.97. The molecule has 1 aliphatic carbocycles. The molecule has 0 bridgehead atoms. The summed E-state index contributed by atoms with van der Waals surface area (Å²) in [6.45, 7) is 0. The molecule has 1 fully saturated rings. The second-order valence-corrected chi connectivity index (χ2v) is 5.32. The van der Waals surface area contributed by atoms with E-state index in [-0.39, 0.29) is 18.5 Å². The van der Waals surface area contributed by atoms with Gasteiger partial charge in [0.2, 0.25) is 0 Å². The summed E-state index contributed by atoms with van der Waals surface area (Å²) in [6.07, 6.45) is 4.93. The van der Waals surface area contributed by atoms with Gasteiger partial charge in [-0.1, -0.05) is 6.07 Å². The molecule has 1 aliphatic rings. The minimum atomic E-state index is -0.408. The number of hydrogen-bond donors (Lipinski definition) is 1. The van der Waals surface area contributed by atoms with Crippen LogP contribution in [-0.2, 0) is 9.53 Å². The third kappa shape index (κ3) is 4.11. The maximum absolute atomic E-state index is 11.3. The lowest BCUT2D eigenvalue weighted by Gasteiger charge is -2.18. The van der Waals surface area contributed by atoms with Crippen molar-refractivity contribution < 1.29 is 19.0 Å². The first-order valence-electron chi connectivity index (χ1n) is 7.31. The molecular formula is C16H23NO4. The van der Waals surface area contributed by atoms with E-state index >= 15 is 0 Å². The van der Waals surface area contributed by atoms with Crippen LogP contribution in [0.15, 0.2) is 18.2 Å². The van der Waals surface area contributed by atoms with Gasteiger partial charge in [-0.05, 0) is 43.4 Å². The third-order valence-electron chi connectivity index (χ3n) is 3.83. The summed E-state index contributed by atoms with van der Waals surface area (Å²) in [5.74, 6) is 1.06. The fourth-order valence-corrected chi connectivity index (χ4v) is 2.58. The molecule has 5 heteroatoms. The topological polar surface area (TPSA) is 70.8 Å². The predicted molar refractivity (Wildman–Crippen MR) is 79.4 cm³/mol. The molecule has 0 saturated heterocycles. The molecule has 1 saturated carbocycles. The molecule has 1 unspecified atom stereocenters. The van der Waals surface area contributed by atoms with Crippen molar-refractivity contribution in [1.82, 2.24) is 0 Å². The normalized spacial score (nSPS) is 16.5. The van der Waals surface area contributed by atoms with Crippen LogP contribution in [0.2, 0.25) is 0 Å². The maximum atomic E-state index is 11.3. The Kier molecular flexibility index (Phi) is 5.44. The molecule has 0 radical (unpaired) electrons. The predicted octanol–water partition coefficient (Wildman–Crippen LogP) is 2.58. The van der Waals surface area contributed by atoms with Gasteiger partial charge in [-0.3, -0.25) is 4.79 Å². The van der Waals surface area contributed by atoms with Gasteiger partial charge >= 0.3 is 5.97 Å². The monoisotopic (exact) mass is 293 g/mol. The molecular weight excluding hydrogens is 270 g/mol. The van der Waals surface area contributed by atoms with E-state index in [0.717, 1.165) is 18.4 Å². The number of hydrogen-bond acceptors (Lipinski definition) is 5. The zero-order chi connectivity index (χ0) is 15.2. The van der Waals surface area contributed by atoms with Crippen LogP contribution in [0.4, 0.5) is 0 Å². The summed E-state index contributed by atoms with van der Waals surface area (Å²) < 4.78 is 16.0. The largest absolute Gasteiger partial charge is 0.493 e. The van der Waals surface area contributed by atoms with Gasteiger partial charge in [-0.2, -0.15) is 0 Å². The second kappa shape index (κ2) is 7.31. The van der Waals surface area contributed by atoms with E-state index in [4.69, 9.17) is 15.2 Å². The Morgan fingerprint density at radius 1 is 1.29 bits per heavy atom. The van der Waals surface area contributed by atoms with E-state index in [1.165, 1.54) is 20.0 Å². The summed E-state index contributed by atoms with van der Waals surface area (Å²) >= 11 is 0. The minimum Gasteiger partial charge on any atom is -0.493 e. The molecule has 0 aromatic heterocycles. The van der Waals surface area contributed by atoms with Gasteiger partial charge in [0.25, 0.3) is 0 Å². The molecule has 0 aliphatic heterocycles. The summed E-state index contributed by atoms with van der Waals surface area (Å²) in [6, 6.07) is 5.14. The molecule has 2 rings (SSSR count). The van der Waals surface area contributed by atoms with E-state index in [1.807, 2.05) is 18.2 Å². The molecule has 0 amide bonds. The summed E-state index contributed by atoms with van der Waals surface area (Å²) in [4.78, 5) is 11.3. The fraction of sp³-hybridized carbons (Fsp3) is 0.562. The van der Waals surface area contributed by atoms with E-state index < -0.39 is 6.04 Å². The van der Waals surface area contributed by atoms with Crippen molar-refractivity contribution in [3.8, 4) is 11.5 Å². The highest BCUT2D eigenvalue weighted by molar-refractivity contribution is 5.70. The number of esters is 1. The molecule has 116 valence electrons. The SMILES string of the molecule is COC(=O)CC(N)c1ccc(OC)c(OC2CCCC2)c1. The second-order valence-electron chi connectivity index (χ2n) is 5.32. The minimum absolute atomic E-state index is 0.145. The van der Waals surface area contributed by atoms with Gasteiger partial charge in [-0.25, -0.2) is 0 Å². The summed E-state index contributed by atoms with van der Waals surface area (Å²) in [5, 5.41) is 0. The van der Waals surface area contributed by atoms with Crippen LogP contribution < -0.4 is 15.2 Å². The summed E-state index contributed by atoms with van der Waals surface area (Å²) in [5.41, 5.74) is 6.88. The molecule has 21 heavy (non-hydrogen) atoms. The number of nitrogens with two attached hydrogens (primary N) is 1. The van der Waals surface area contributed by atoms with Crippen LogP contribution in [0.5, 0.6) is 11.5 Å². The van der Waals surface area contributed by atoms with Crippen molar-refractivity contribution in [2.24, 2.45) is 5.73 Å². The molecule has 0 spiro atoms. The fourth-order valence-electron chi connectivity index (χ4n) is 2.58. The van der Waals surface area contributed by atoms with Gasteiger partial charge in [-0.15, -0.1) is 0 Å². The van der Waals surface area contributed by atoms with Crippen molar-refractivity contribution in [2.45, 2.75) is 44.2 Å². The Balaban J connectivity index is 2.13. The number of ether oxygens (including phenoxy) is 3. The molecule has 5 nitrogen and oxygen atoms in total. The van der Waals surface area contributed by atoms with E-state index in [9.17, 15) is 4.79 Å². The first-order valence-corrected chi connectivity index (χ1v) is 7.31. The van der Waals surface area contributed by atoms with E-state index in [0.29, 0.717) is 11.5 Å². The smallest absolute Gasteiger partial charge is 0.307 e. The number of carbonyl (C=O) groups excluding carboxylic acids is 1. The number of methoxy groups -OCH3 is 2. The Morgan fingerprint density at radius 2 is 2.00 bits per heavy atom. The zero-order valence-corrected chi connectivity index (χ0v) is 12.6. The van der Waals surface area contributed by atoms with E-state index in [2.05, 4.69) is 4.74 Å². The highest BCUT2D eigenvalue weighted by atomic mass is 16.5. The molecule has 2 N–H and O–H groups in total. The Labute approximate surface area is 125 Å². The lowest BCUT2D eigenvalue weighted by Crippen LogP contribution is -2.17. The van der Waals surface area contributed by atoms with Gasteiger partial charge in [0, 0.05) is 6.04 Å². The molecule has 1 aromatic rings. The Morgan fingerprint density at radius 3 is 2.62 bits per heavy atom. The maximum Gasteiger partial charge on any atom is 0.307 e. The van der Waals surface area contributed by atoms with Crippen molar-refractivity contribution in [3.05, 3.63) is 23.8 Å². The van der Waals surface area contributed by atoms with Crippen LogP contribution in [0, 0.1) is 0 Å². The van der Waals surface area contributed by atoms with Gasteiger partial charge in [0.15, 0.2) is 11.5 Å². The van der Waals surface area contributed by atoms with Crippen LogP contribution in [0.25, 0.3) is 0 Å². The number of carbonyl (C=O) groups is 1. The Hall–Kier alpha value is -1.75. The highest BCUT2D eigenvalue weighted by Gasteiger charge is 2.20. The highest BCUT2D eigenvalue weighted by Crippen LogP contribution is 2.34. The first kappa shape index (κ1) is 15.6. The zero-order valence-electron chi connectivity index (χ0n) is 12.6. The first-order chi connectivity index (χ1) is 10.1. The lowest BCUT2D eigenvalue weighted by atomic mass is 10.0. The molecule has 1 atom stereocenters. The number of rotatable bonds is 6. The van der Waals surface area contributed by atoms with Crippen molar-refractivity contribution in [2.75, 3.05) is 14.2 Å². The van der Waals surface area contributed by atoms with Gasteiger partial charge in [0.1, 0.15) is 0 Å². The standard InChI is InChI=1S/C16H23NO4/c1-19-14-8-7-11(13(17)10-16(18)20-2)9-15(14)21-12-5-3-4-6-12/h7-9,12-13H,3-6,10,17H2,1-2H3. The third-order valence-corrected chi connectivity index (χ3v) is 3.83. The quantitative estimate of drug-likeness (QED) is 0.816. The van der Waals surface area contributed by atoms with Crippen LogP contribution in [-0.4, -0.2) is 26.3 Å². The van der Waals surface area contributed by atoms with Crippen molar-refractivity contribution in [1.29, 1.82) is 0 Å². The Bertz CT molecular complexity index is 483. The van der Waals surface area contributed by atoms with Gasteiger partial charge < -0.3 is 19.9 Å². The van der Waals surface area contributed by atoms with E-state index in [1.54, 1.807) is 7.11 Å². The average Bonchev–Trinajstić information content (AvgIpc) is 3.00. The number of benzene rings is 1.